The molecular weight excluding hydrogens is 288 g/mol. The van der Waals surface area contributed by atoms with Gasteiger partial charge in [-0.3, -0.25) is 4.79 Å². The Balaban J connectivity index is 1.92. The zero-order chi connectivity index (χ0) is 15.2. The molecule has 114 valence electrons. The Morgan fingerprint density at radius 3 is 3.05 bits per heavy atom. The van der Waals surface area contributed by atoms with E-state index in [0.717, 1.165) is 43.4 Å². The van der Waals surface area contributed by atoms with Gasteiger partial charge in [0.2, 0.25) is 0 Å². The largest absolute Gasteiger partial charge is 0.478 e. The van der Waals surface area contributed by atoms with Crippen molar-refractivity contribution in [1.29, 1.82) is 0 Å². The monoisotopic (exact) mass is 308 g/mol. The van der Waals surface area contributed by atoms with Gasteiger partial charge < -0.3 is 15.3 Å². The Morgan fingerprint density at radius 1 is 1.52 bits per heavy atom. The highest BCUT2D eigenvalue weighted by Crippen LogP contribution is 2.19. The molecule has 0 saturated carbocycles. The zero-order valence-electron chi connectivity index (χ0n) is 12.0. The summed E-state index contributed by atoms with van der Waals surface area (Å²) in [6.07, 6.45) is 4.70. The molecule has 0 radical (unpaired) electrons. The van der Waals surface area contributed by atoms with Gasteiger partial charge in [-0.1, -0.05) is 6.92 Å². The molecular formula is C15H20N2O3S. The molecule has 1 aromatic heterocycles. The number of likely N-dealkylation sites (N-methyl/N-ethyl adjacent to an activating group) is 1. The third kappa shape index (κ3) is 4.68. The molecule has 1 atom stereocenters. The molecule has 1 unspecified atom stereocenters. The Hall–Kier alpha value is -1.66. The predicted octanol–water partition coefficient (Wildman–Crippen LogP) is 2.06. The first kappa shape index (κ1) is 15.7. The lowest BCUT2D eigenvalue weighted by Crippen LogP contribution is -2.47. The Kier molecular flexibility index (Phi) is 5.52. The minimum atomic E-state index is -0.990. The van der Waals surface area contributed by atoms with Gasteiger partial charge in [-0.2, -0.15) is 0 Å². The molecule has 1 aliphatic rings. The fourth-order valence-electron chi connectivity index (χ4n) is 2.43. The summed E-state index contributed by atoms with van der Waals surface area (Å²) in [5.74, 6) is -1.06. The van der Waals surface area contributed by atoms with E-state index in [1.165, 1.54) is 17.4 Å². The number of aliphatic carboxylic acids is 1. The number of carboxylic acids is 1. The standard InChI is InChI=1S/C15H20N2O3S/c1-2-17-9-3-4-11(10-17)16-15(20)13-7-5-12(21-13)6-8-14(18)19/h5-8,11H,2-4,9-10H2,1H3,(H,16,20)(H,18,19). The van der Waals surface area contributed by atoms with Gasteiger partial charge in [0.25, 0.3) is 5.91 Å². The molecule has 1 fully saturated rings. The fraction of sp³-hybridized carbons (Fsp3) is 0.467. The average molecular weight is 308 g/mol. The van der Waals surface area contributed by atoms with Crippen LogP contribution in [-0.4, -0.2) is 47.6 Å². The van der Waals surface area contributed by atoms with Gasteiger partial charge in [0.1, 0.15) is 0 Å². The first-order valence-corrected chi connectivity index (χ1v) is 7.94. The molecule has 5 nitrogen and oxygen atoms in total. The number of thiophene rings is 1. The van der Waals surface area contributed by atoms with Crippen LogP contribution in [0.4, 0.5) is 0 Å². The van der Waals surface area contributed by atoms with Crippen molar-refractivity contribution in [2.45, 2.75) is 25.8 Å². The summed E-state index contributed by atoms with van der Waals surface area (Å²) in [7, 11) is 0. The van der Waals surface area contributed by atoms with E-state index >= 15 is 0 Å². The number of rotatable bonds is 5. The van der Waals surface area contributed by atoms with Gasteiger partial charge in [0.15, 0.2) is 0 Å². The van der Waals surface area contributed by atoms with E-state index in [1.807, 2.05) is 0 Å². The van der Waals surface area contributed by atoms with Crippen LogP contribution in [0.5, 0.6) is 0 Å². The number of likely N-dealkylation sites (tertiary alicyclic amines) is 1. The van der Waals surface area contributed by atoms with Crippen molar-refractivity contribution in [3.05, 3.63) is 28.0 Å². The second-order valence-corrected chi connectivity index (χ2v) is 6.19. The summed E-state index contributed by atoms with van der Waals surface area (Å²) in [6.45, 7) is 5.14. The third-order valence-electron chi connectivity index (χ3n) is 3.53. The van der Waals surface area contributed by atoms with Crippen molar-refractivity contribution >= 4 is 29.3 Å². The number of piperidine rings is 1. The number of carbonyl (C=O) groups excluding carboxylic acids is 1. The van der Waals surface area contributed by atoms with Crippen molar-refractivity contribution in [1.82, 2.24) is 10.2 Å². The van der Waals surface area contributed by atoms with Crippen LogP contribution in [0.1, 0.15) is 34.3 Å². The number of hydrogen-bond acceptors (Lipinski definition) is 4. The van der Waals surface area contributed by atoms with Crippen LogP contribution in [0.25, 0.3) is 6.08 Å². The van der Waals surface area contributed by atoms with Gasteiger partial charge in [0.05, 0.1) is 4.88 Å². The SMILES string of the molecule is CCN1CCCC(NC(=O)c2ccc(C=CC(=O)O)s2)C1. The van der Waals surface area contributed by atoms with Crippen LogP contribution < -0.4 is 5.32 Å². The molecule has 2 rings (SSSR count). The lowest BCUT2D eigenvalue weighted by atomic mass is 10.1. The van der Waals surface area contributed by atoms with Gasteiger partial charge >= 0.3 is 5.97 Å². The van der Waals surface area contributed by atoms with E-state index in [4.69, 9.17) is 5.11 Å². The maximum Gasteiger partial charge on any atom is 0.328 e. The van der Waals surface area contributed by atoms with Gasteiger partial charge in [-0.15, -0.1) is 11.3 Å². The first-order valence-electron chi connectivity index (χ1n) is 7.12. The minimum absolute atomic E-state index is 0.0714. The van der Waals surface area contributed by atoms with Gasteiger partial charge in [-0.05, 0) is 44.1 Å². The molecule has 0 spiro atoms. The summed E-state index contributed by atoms with van der Waals surface area (Å²) in [5, 5.41) is 11.7. The average Bonchev–Trinajstić information content (AvgIpc) is 2.94. The second-order valence-electron chi connectivity index (χ2n) is 5.08. The normalized spacial score (nSPS) is 19.8. The molecule has 6 heteroatoms. The highest BCUT2D eigenvalue weighted by atomic mass is 32.1. The van der Waals surface area contributed by atoms with Crippen molar-refractivity contribution in [3.8, 4) is 0 Å². The predicted molar refractivity (Wildman–Crippen MR) is 83.6 cm³/mol. The van der Waals surface area contributed by atoms with Gasteiger partial charge in [-0.25, -0.2) is 4.79 Å². The molecule has 2 N–H and O–H groups in total. The van der Waals surface area contributed by atoms with E-state index in [2.05, 4.69) is 17.1 Å². The summed E-state index contributed by atoms with van der Waals surface area (Å²) in [4.78, 5) is 26.4. The van der Waals surface area contributed by atoms with Crippen molar-refractivity contribution in [3.63, 3.8) is 0 Å². The lowest BCUT2D eigenvalue weighted by Gasteiger charge is -2.32. The quantitative estimate of drug-likeness (QED) is 0.817. The zero-order valence-corrected chi connectivity index (χ0v) is 12.9. The molecule has 1 aliphatic heterocycles. The first-order chi connectivity index (χ1) is 10.1. The van der Waals surface area contributed by atoms with E-state index in [9.17, 15) is 9.59 Å². The topological polar surface area (TPSA) is 69.6 Å². The second kappa shape index (κ2) is 7.38. The van der Waals surface area contributed by atoms with Crippen LogP contribution in [0.2, 0.25) is 0 Å². The molecule has 1 aromatic rings. The third-order valence-corrected chi connectivity index (χ3v) is 4.58. The number of carbonyl (C=O) groups is 2. The van der Waals surface area contributed by atoms with Crippen molar-refractivity contribution < 1.29 is 14.7 Å². The fourth-order valence-corrected chi connectivity index (χ4v) is 3.25. The molecule has 21 heavy (non-hydrogen) atoms. The summed E-state index contributed by atoms with van der Waals surface area (Å²) >= 11 is 1.30. The van der Waals surface area contributed by atoms with Crippen molar-refractivity contribution in [2.75, 3.05) is 19.6 Å². The molecule has 0 bridgehead atoms. The molecule has 2 heterocycles. The van der Waals surface area contributed by atoms with E-state index in [-0.39, 0.29) is 11.9 Å². The van der Waals surface area contributed by atoms with E-state index in [1.54, 1.807) is 12.1 Å². The van der Waals surface area contributed by atoms with Crippen LogP contribution in [0.3, 0.4) is 0 Å². The van der Waals surface area contributed by atoms with Crippen LogP contribution in [-0.2, 0) is 4.79 Å². The number of amides is 1. The summed E-state index contributed by atoms with van der Waals surface area (Å²) < 4.78 is 0. The van der Waals surface area contributed by atoms with Crippen LogP contribution in [0.15, 0.2) is 18.2 Å². The molecule has 0 aromatic carbocycles. The Bertz CT molecular complexity index is 539. The van der Waals surface area contributed by atoms with Crippen molar-refractivity contribution in [2.24, 2.45) is 0 Å². The van der Waals surface area contributed by atoms with E-state index < -0.39 is 5.97 Å². The summed E-state index contributed by atoms with van der Waals surface area (Å²) in [5.41, 5.74) is 0. The molecule has 0 aliphatic carbocycles. The number of carboxylic acid groups (broad SMARTS) is 1. The molecule has 1 saturated heterocycles. The minimum Gasteiger partial charge on any atom is -0.478 e. The van der Waals surface area contributed by atoms with Gasteiger partial charge in [0, 0.05) is 23.5 Å². The summed E-state index contributed by atoms with van der Waals surface area (Å²) in [6, 6.07) is 3.70. The highest BCUT2D eigenvalue weighted by Gasteiger charge is 2.21. The highest BCUT2D eigenvalue weighted by molar-refractivity contribution is 7.14. The van der Waals surface area contributed by atoms with Crippen LogP contribution >= 0.6 is 11.3 Å². The smallest absolute Gasteiger partial charge is 0.328 e. The lowest BCUT2D eigenvalue weighted by molar-refractivity contribution is -0.131. The number of nitrogens with zero attached hydrogens (tertiary/aromatic N) is 1. The van der Waals surface area contributed by atoms with E-state index in [0.29, 0.717) is 4.88 Å². The molecule has 1 amide bonds. The Morgan fingerprint density at radius 2 is 2.33 bits per heavy atom. The maximum absolute atomic E-state index is 12.2. The number of hydrogen-bond donors (Lipinski definition) is 2. The number of nitrogens with one attached hydrogen (secondary N) is 1. The maximum atomic E-state index is 12.2. The Labute approximate surface area is 128 Å². The van der Waals surface area contributed by atoms with Crippen LogP contribution in [0, 0.1) is 0 Å².